The predicted molar refractivity (Wildman–Crippen MR) is 111 cm³/mol. The molecule has 0 saturated heterocycles. The quantitative estimate of drug-likeness (QED) is 0.343. The van der Waals surface area contributed by atoms with Crippen LogP contribution in [0.3, 0.4) is 0 Å². The first-order chi connectivity index (χ1) is 13.8. The van der Waals surface area contributed by atoms with Crippen LogP contribution < -0.4 is 9.64 Å². The van der Waals surface area contributed by atoms with Crippen molar-refractivity contribution in [2.45, 2.75) is 0 Å². The van der Waals surface area contributed by atoms with E-state index in [0.29, 0.717) is 11.1 Å². The number of ketones is 1. The Bertz CT molecular complexity index is 1120. The highest BCUT2D eigenvalue weighted by Gasteiger charge is 2.25. The topological polar surface area (TPSA) is 29.5 Å². The summed E-state index contributed by atoms with van der Waals surface area (Å²) in [5.74, 6) is 1.60. The van der Waals surface area contributed by atoms with E-state index in [0.717, 1.165) is 28.6 Å². The molecule has 0 atom stereocenters. The molecule has 0 unspecified atom stereocenters. The molecular formula is C25H17NO2. The molecule has 0 bridgehead atoms. The summed E-state index contributed by atoms with van der Waals surface area (Å²) in [5, 5.41) is 0. The molecule has 1 aliphatic heterocycles. The first-order valence-corrected chi connectivity index (χ1v) is 9.17. The van der Waals surface area contributed by atoms with Crippen LogP contribution in [0, 0.1) is 0 Å². The lowest BCUT2D eigenvalue weighted by Crippen LogP contribution is -2.16. The van der Waals surface area contributed by atoms with Crippen LogP contribution in [-0.2, 0) is 0 Å². The van der Waals surface area contributed by atoms with Crippen LogP contribution in [-0.4, -0.2) is 5.78 Å². The molecule has 0 N–H and O–H groups in total. The molecule has 0 spiro atoms. The number of hydrogen-bond acceptors (Lipinski definition) is 3. The normalized spacial score (nSPS) is 11.9. The first-order valence-electron chi connectivity index (χ1n) is 9.17. The van der Waals surface area contributed by atoms with E-state index in [4.69, 9.17) is 4.74 Å². The zero-order valence-electron chi connectivity index (χ0n) is 15.1. The Morgan fingerprint density at radius 3 is 1.86 bits per heavy atom. The van der Waals surface area contributed by atoms with Gasteiger partial charge in [0.1, 0.15) is 0 Å². The van der Waals surface area contributed by atoms with Gasteiger partial charge in [0, 0.05) is 16.8 Å². The third kappa shape index (κ3) is 2.74. The van der Waals surface area contributed by atoms with Gasteiger partial charge in [0.2, 0.25) is 0 Å². The van der Waals surface area contributed by atoms with Crippen LogP contribution >= 0.6 is 0 Å². The van der Waals surface area contributed by atoms with Crippen molar-refractivity contribution in [3.8, 4) is 11.5 Å². The van der Waals surface area contributed by atoms with E-state index in [9.17, 15) is 4.79 Å². The maximum absolute atomic E-state index is 12.9. The van der Waals surface area contributed by atoms with E-state index >= 15 is 0 Å². The second kappa shape index (κ2) is 6.71. The molecule has 0 fully saturated rings. The van der Waals surface area contributed by atoms with Crippen molar-refractivity contribution in [2.24, 2.45) is 0 Å². The zero-order chi connectivity index (χ0) is 18.9. The Hall–Kier alpha value is -3.85. The maximum atomic E-state index is 12.9. The molecule has 3 nitrogen and oxygen atoms in total. The smallest absolute Gasteiger partial charge is 0.193 e. The largest absolute Gasteiger partial charge is 0.453 e. The number of para-hydroxylation sites is 4. The number of carbonyl (C=O) groups excluding carboxylic acids is 1. The molecule has 4 aromatic rings. The van der Waals surface area contributed by atoms with Gasteiger partial charge in [-0.15, -0.1) is 0 Å². The maximum Gasteiger partial charge on any atom is 0.193 e. The Labute approximate surface area is 163 Å². The van der Waals surface area contributed by atoms with Crippen LogP contribution in [0.15, 0.2) is 103 Å². The van der Waals surface area contributed by atoms with Crippen LogP contribution in [0.25, 0.3) is 0 Å². The highest BCUT2D eigenvalue weighted by molar-refractivity contribution is 6.09. The van der Waals surface area contributed by atoms with Crippen molar-refractivity contribution in [3.63, 3.8) is 0 Å². The van der Waals surface area contributed by atoms with E-state index < -0.39 is 0 Å². The number of benzene rings is 4. The highest BCUT2D eigenvalue weighted by atomic mass is 16.5. The van der Waals surface area contributed by atoms with Gasteiger partial charge in [-0.1, -0.05) is 66.7 Å². The minimum atomic E-state index is 0.0114. The molecule has 0 aromatic heterocycles. The molecule has 134 valence electrons. The minimum Gasteiger partial charge on any atom is -0.453 e. The second-order valence-electron chi connectivity index (χ2n) is 6.62. The molecule has 0 amide bonds. The van der Waals surface area contributed by atoms with Gasteiger partial charge < -0.3 is 9.64 Å². The van der Waals surface area contributed by atoms with Crippen molar-refractivity contribution in [1.29, 1.82) is 0 Å². The van der Waals surface area contributed by atoms with E-state index in [-0.39, 0.29) is 5.78 Å². The number of ether oxygens (including phenoxy) is 1. The summed E-state index contributed by atoms with van der Waals surface area (Å²) in [7, 11) is 0. The van der Waals surface area contributed by atoms with Gasteiger partial charge in [0.15, 0.2) is 17.3 Å². The molecule has 4 aromatic carbocycles. The fourth-order valence-electron chi connectivity index (χ4n) is 3.53. The number of rotatable bonds is 3. The molecule has 28 heavy (non-hydrogen) atoms. The van der Waals surface area contributed by atoms with E-state index in [2.05, 4.69) is 4.90 Å². The number of carbonyl (C=O) groups is 1. The number of nitrogens with zero attached hydrogens (tertiary/aromatic N) is 1. The third-order valence-corrected chi connectivity index (χ3v) is 4.83. The van der Waals surface area contributed by atoms with Crippen LogP contribution in [0.2, 0.25) is 0 Å². The van der Waals surface area contributed by atoms with Gasteiger partial charge in [0.05, 0.1) is 11.4 Å². The summed E-state index contributed by atoms with van der Waals surface area (Å²) in [6.45, 7) is 0. The van der Waals surface area contributed by atoms with Crippen molar-refractivity contribution in [3.05, 3.63) is 114 Å². The Balaban J connectivity index is 1.64. The van der Waals surface area contributed by atoms with Crippen LogP contribution in [0.1, 0.15) is 15.9 Å². The summed E-state index contributed by atoms with van der Waals surface area (Å²) in [6, 6.07) is 32.9. The fourth-order valence-corrected chi connectivity index (χ4v) is 3.53. The lowest BCUT2D eigenvalue weighted by molar-refractivity contribution is 0.103. The van der Waals surface area contributed by atoms with Gasteiger partial charge in [-0.25, -0.2) is 0 Å². The van der Waals surface area contributed by atoms with Crippen molar-refractivity contribution >= 4 is 22.8 Å². The van der Waals surface area contributed by atoms with Gasteiger partial charge in [-0.05, 0) is 36.4 Å². The van der Waals surface area contributed by atoms with Crippen molar-refractivity contribution in [2.75, 3.05) is 4.90 Å². The van der Waals surface area contributed by atoms with Gasteiger partial charge in [-0.2, -0.15) is 0 Å². The molecule has 0 saturated carbocycles. The Morgan fingerprint density at radius 1 is 0.607 bits per heavy atom. The molecular weight excluding hydrogens is 346 g/mol. The third-order valence-electron chi connectivity index (χ3n) is 4.83. The van der Waals surface area contributed by atoms with Gasteiger partial charge in [-0.3, -0.25) is 4.79 Å². The summed E-state index contributed by atoms with van der Waals surface area (Å²) in [4.78, 5) is 15.1. The molecule has 1 heterocycles. The Morgan fingerprint density at radius 2 is 1.18 bits per heavy atom. The lowest BCUT2D eigenvalue weighted by atomic mass is 10.0. The average molecular weight is 363 g/mol. The minimum absolute atomic E-state index is 0.0114. The molecule has 0 aliphatic carbocycles. The molecule has 1 aliphatic rings. The summed E-state index contributed by atoms with van der Waals surface area (Å²) < 4.78 is 6.07. The second-order valence-corrected chi connectivity index (χ2v) is 6.62. The number of anilines is 3. The van der Waals surface area contributed by atoms with Crippen molar-refractivity contribution < 1.29 is 9.53 Å². The predicted octanol–water partition coefficient (Wildman–Crippen LogP) is 6.49. The monoisotopic (exact) mass is 363 g/mol. The fraction of sp³-hybridized carbons (Fsp3) is 0. The van der Waals surface area contributed by atoms with Crippen LogP contribution in [0.5, 0.6) is 11.5 Å². The van der Waals surface area contributed by atoms with E-state index in [1.807, 2.05) is 103 Å². The molecule has 5 rings (SSSR count). The highest BCUT2D eigenvalue weighted by Crippen LogP contribution is 2.50. The zero-order valence-corrected chi connectivity index (χ0v) is 15.1. The Kier molecular flexibility index (Phi) is 3.91. The van der Waals surface area contributed by atoms with E-state index in [1.54, 1.807) is 0 Å². The summed E-state index contributed by atoms with van der Waals surface area (Å²) in [6.07, 6.45) is 0. The summed E-state index contributed by atoms with van der Waals surface area (Å²) in [5.41, 5.74) is 4.16. The molecule has 0 radical (unpaired) electrons. The standard InChI is InChI=1S/C25H17NO2/c27-25(18-9-2-1-3-10-18)19-11-8-12-20(17-19)26-21-13-4-6-15-23(21)28-24-16-7-5-14-22(24)26/h1-17H. The first kappa shape index (κ1) is 16.3. The molecule has 3 heteroatoms. The number of hydrogen-bond donors (Lipinski definition) is 0. The lowest BCUT2D eigenvalue weighted by Gasteiger charge is -2.32. The summed E-state index contributed by atoms with van der Waals surface area (Å²) >= 11 is 0. The van der Waals surface area contributed by atoms with E-state index in [1.165, 1.54) is 0 Å². The van der Waals surface area contributed by atoms with Crippen molar-refractivity contribution in [1.82, 2.24) is 0 Å². The van der Waals surface area contributed by atoms with Gasteiger partial charge in [0.25, 0.3) is 0 Å². The van der Waals surface area contributed by atoms with Crippen LogP contribution in [0.4, 0.5) is 17.1 Å². The SMILES string of the molecule is O=C(c1ccccc1)c1cccc(N2c3ccccc3Oc3ccccc32)c1. The average Bonchev–Trinajstić information content (AvgIpc) is 2.77. The number of fused-ring (bicyclic) bond motifs is 2. The van der Waals surface area contributed by atoms with Gasteiger partial charge >= 0.3 is 0 Å².